The molecule has 6 nitrogen and oxygen atoms in total. The van der Waals surface area contributed by atoms with E-state index >= 15 is 0 Å². The van der Waals surface area contributed by atoms with E-state index in [9.17, 15) is 9.59 Å². The first-order chi connectivity index (χ1) is 18.2. The van der Waals surface area contributed by atoms with E-state index in [4.69, 9.17) is 4.98 Å². The smallest absolute Gasteiger partial charge is 0.226 e. The Bertz CT molecular complexity index is 1240. The van der Waals surface area contributed by atoms with Crippen LogP contribution in [0.25, 0.3) is 10.9 Å². The summed E-state index contributed by atoms with van der Waals surface area (Å²) in [5, 5.41) is 1.20. The zero-order valence-corrected chi connectivity index (χ0v) is 21.7. The molecule has 6 heteroatoms. The van der Waals surface area contributed by atoms with E-state index in [1.165, 1.54) is 5.39 Å². The Hall–Kier alpha value is -2.47. The number of hydrogen-bond acceptors (Lipinski definition) is 5. The summed E-state index contributed by atoms with van der Waals surface area (Å²) in [5.41, 5.74) is 1.07. The number of likely N-dealkylation sites (tertiary alicyclic amines) is 1. The van der Waals surface area contributed by atoms with Crippen LogP contribution in [0, 0.1) is 47.3 Å². The molecular formula is C31H38N4O2. The number of pyridine rings is 1. The highest BCUT2D eigenvalue weighted by atomic mass is 16.2. The predicted molar refractivity (Wildman–Crippen MR) is 143 cm³/mol. The van der Waals surface area contributed by atoms with E-state index in [1.807, 2.05) is 0 Å². The van der Waals surface area contributed by atoms with Crippen molar-refractivity contribution in [2.75, 3.05) is 50.7 Å². The van der Waals surface area contributed by atoms with E-state index in [0.29, 0.717) is 53.1 Å². The van der Waals surface area contributed by atoms with Crippen LogP contribution < -0.4 is 4.90 Å². The lowest BCUT2D eigenvalue weighted by Gasteiger charge is -2.36. The lowest BCUT2D eigenvalue weighted by atomic mass is 9.78. The number of benzene rings is 1. The minimum Gasteiger partial charge on any atom is -0.354 e. The summed E-state index contributed by atoms with van der Waals surface area (Å²) < 4.78 is 0. The van der Waals surface area contributed by atoms with Crippen LogP contribution >= 0.6 is 0 Å². The first kappa shape index (κ1) is 22.5. The second kappa shape index (κ2) is 8.52. The number of Topliss-reactive ketones (excluding diaryl/α,β-unsaturated/α-hetero) is 1. The highest BCUT2D eigenvalue weighted by Gasteiger charge is 2.70. The van der Waals surface area contributed by atoms with Gasteiger partial charge in [-0.25, -0.2) is 4.98 Å². The largest absolute Gasteiger partial charge is 0.354 e. The summed E-state index contributed by atoms with van der Waals surface area (Å²) in [6.07, 6.45) is 5.54. The predicted octanol–water partition coefficient (Wildman–Crippen LogP) is 3.70. The fourth-order valence-corrected chi connectivity index (χ4v) is 9.83. The zero-order valence-electron chi connectivity index (χ0n) is 21.7. The molecule has 2 aliphatic heterocycles. The summed E-state index contributed by atoms with van der Waals surface area (Å²) in [5.74, 6) is 5.95. The van der Waals surface area contributed by atoms with Gasteiger partial charge in [-0.2, -0.15) is 0 Å². The van der Waals surface area contributed by atoms with E-state index in [-0.39, 0.29) is 5.92 Å². The Morgan fingerprint density at radius 2 is 1.65 bits per heavy atom. The van der Waals surface area contributed by atoms with Crippen LogP contribution in [0.4, 0.5) is 5.82 Å². The van der Waals surface area contributed by atoms with Crippen LogP contribution in [0.5, 0.6) is 0 Å². The molecule has 2 saturated heterocycles. The number of amides is 1. The molecule has 0 radical (unpaired) electrons. The van der Waals surface area contributed by atoms with Crippen molar-refractivity contribution in [3.8, 4) is 0 Å². The average molecular weight is 499 g/mol. The maximum atomic E-state index is 13.5. The molecule has 4 bridgehead atoms. The van der Waals surface area contributed by atoms with Gasteiger partial charge in [0.25, 0.3) is 0 Å². The van der Waals surface area contributed by atoms with Crippen molar-refractivity contribution < 1.29 is 9.59 Å². The highest BCUT2D eigenvalue weighted by molar-refractivity contribution is 5.89. The molecule has 3 heterocycles. The number of ketones is 1. The van der Waals surface area contributed by atoms with Crippen LogP contribution in [0.1, 0.15) is 32.1 Å². The van der Waals surface area contributed by atoms with Gasteiger partial charge in [0.05, 0.1) is 5.52 Å². The maximum Gasteiger partial charge on any atom is 0.226 e. The fourth-order valence-electron chi connectivity index (χ4n) is 9.83. The minimum absolute atomic E-state index is 0.225. The Balaban J connectivity index is 0.823. The molecule has 0 N–H and O–H groups in total. The van der Waals surface area contributed by atoms with Crippen LogP contribution in [-0.2, 0) is 9.59 Å². The molecule has 8 rings (SSSR count). The van der Waals surface area contributed by atoms with E-state index in [2.05, 4.69) is 51.1 Å². The summed E-state index contributed by atoms with van der Waals surface area (Å²) in [6, 6.07) is 12.7. The molecule has 8 atom stereocenters. The minimum atomic E-state index is 0.225. The molecule has 6 aliphatic rings. The topological polar surface area (TPSA) is 56.8 Å². The van der Waals surface area contributed by atoms with Gasteiger partial charge in [-0.3, -0.25) is 14.5 Å². The lowest BCUT2D eigenvalue weighted by Crippen LogP contribution is -2.47. The molecular weight excluding hydrogens is 460 g/mol. The van der Waals surface area contributed by atoms with Crippen LogP contribution in [0.3, 0.4) is 0 Å². The quantitative estimate of drug-likeness (QED) is 0.569. The van der Waals surface area contributed by atoms with Crippen molar-refractivity contribution in [2.45, 2.75) is 32.1 Å². The van der Waals surface area contributed by atoms with Gasteiger partial charge in [0.2, 0.25) is 5.91 Å². The number of unbranched alkanes of at least 4 members (excludes halogenated alkanes) is 1. The summed E-state index contributed by atoms with van der Waals surface area (Å²) in [7, 11) is 0. The number of nitrogens with zero attached hydrogens (tertiary/aromatic N) is 4. The van der Waals surface area contributed by atoms with Gasteiger partial charge >= 0.3 is 0 Å². The number of aromatic nitrogens is 1. The number of carbonyl (C=O) groups is 2. The number of fused-ring (bicyclic) bond motifs is 9. The molecule has 4 aliphatic carbocycles. The summed E-state index contributed by atoms with van der Waals surface area (Å²) in [6.45, 7) is 7.12. The van der Waals surface area contributed by atoms with Crippen LogP contribution in [0.15, 0.2) is 36.4 Å². The lowest BCUT2D eigenvalue weighted by molar-refractivity contribution is -0.140. The number of rotatable bonds is 6. The van der Waals surface area contributed by atoms with Gasteiger partial charge in [0.15, 0.2) is 0 Å². The molecule has 2 aromatic rings. The molecule has 0 spiro atoms. The third-order valence-electron chi connectivity index (χ3n) is 11.3. The Morgan fingerprint density at radius 1 is 0.838 bits per heavy atom. The number of piperazine rings is 1. The van der Waals surface area contributed by atoms with Crippen molar-refractivity contribution in [3.63, 3.8) is 0 Å². The summed E-state index contributed by atoms with van der Waals surface area (Å²) in [4.78, 5) is 38.5. The number of piperidine rings is 1. The molecule has 37 heavy (non-hydrogen) atoms. The van der Waals surface area contributed by atoms with Gasteiger partial charge in [0.1, 0.15) is 11.6 Å². The monoisotopic (exact) mass is 498 g/mol. The highest BCUT2D eigenvalue weighted by Crippen LogP contribution is 2.70. The van der Waals surface area contributed by atoms with Gasteiger partial charge in [0, 0.05) is 62.4 Å². The molecule has 6 fully saturated rings. The van der Waals surface area contributed by atoms with Crippen molar-refractivity contribution in [1.29, 1.82) is 0 Å². The molecule has 194 valence electrons. The van der Waals surface area contributed by atoms with E-state index in [0.717, 1.165) is 89.3 Å². The Labute approximate surface area is 219 Å². The molecule has 1 aromatic carbocycles. The standard InChI is InChI=1S/C31H38N4O2/c36-30-20-15-22-23(16-20)29(30)27-21-17-24(28(22)27)31(37)35(18-21)10-4-3-9-33-11-13-34(14-12-33)26-8-7-19-5-1-2-6-25(19)32-26/h1-2,5-8,20-24,27-29H,3-4,9-18H2. The molecule has 1 aromatic heterocycles. The van der Waals surface area contributed by atoms with E-state index in [1.54, 1.807) is 0 Å². The second-order valence-corrected chi connectivity index (χ2v) is 12.9. The second-order valence-electron chi connectivity index (χ2n) is 12.9. The SMILES string of the molecule is O=C1C2CC3C(C2)C2C4CC(CN(CCCCN5CCN(c6ccc7ccccc7n6)CC5)C4=O)C2C13. The zero-order chi connectivity index (χ0) is 24.7. The number of para-hydroxylation sites is 1. The van der Waals surface area contributed by atoms with Gasteiger partial charge in [-0.05, 0) is 86.4 Å². The normalized spacial score (nSPS) is 38.3. The first-order valence-electron chi connectivity index (χ1n) is 14.8. The van der Waals surface area contributed by atoms with Crippen LogP contribution in [0.2, 0.25) is 0 Å². The van der Waals surface area contributed by atoms with Crippen LogP contribution in [-0.4, -0.2) is 72.3 Å². The van der Waals surface area contributed by atoms with Crippen molar-refractivity contribution in [3.05, 3.63) is 36.4 Å². The van der Waals surface area contributed by atoms with Crippen molar-refractivity contribution >= 4 is 28.4 Å². The third-order valence-corrected chi connectivity index (χ3v) is 11.3. The Kier molecular flexibility index (Phi) is 5.18. The van der Waals surface area contributed by atoms with Gasteiger partial charge < -0.3 is 9.80 Å². The van der Waals surface area contributed by atoms with Gasteiger partial charge in [-0.15, -0.1) is 0 Å². The first-order valence-corrected chi connectivity index (χ1v) is 14.8. The maximum absolute atomic E-state index is 13.5. The van der Waals surface area contributed by atoms with Gasteiger partial charge in [-0.1, -0.05) is 18.2 Å². The van der Waals surface area contributed by atoms with Crippen molar-refractivity contribution in [2.24, 2.45) is 47.3 Å². The molecule has 1 amide bonds. The number of anilines is 1. The Morgan fingerprint density at radius 3 is 2.51 bits per heavy atom. The average Bonchev–Trinajstić information content (AvgIpc) is 3.63. The molecule has 4 saturated carbocycles. The third kappa shape index (κ3) is 3.43. The summed E-state index contributed by atoms with van der Waals surface area (Å²) >= 11 is 0. The van der Waals surface area contributed by atoms with E-state index < -0.39 is 0 Å². The number of hydrogen-bond donors (Lipinski definition) is 0. The number of carbonyl (C=O) groups excluding carboxylic acids is 2. The fraction of sp³-hybridized carbons (Fsp3) is 0.645. The molecule has 8 unspecified atom stereocenters. The van der Waals surface area contributed by atoms with Crippen molar-refractivity contribution in [1.82, 2.24) is 14.8 Å².